The summed E-state index contributed by atoms with van der Waals surface area (Å²) in [5.41, 5.74) is 1.79. The third-order valence-corrected chi connectivity index (χ3v) is 4.37. The maximum absolute atomic E-state index is 13.4. The lowest BCUT2D eigenvalue weighted by molar-refractivity contribution is 0.102. The van der Waals surface area contributed by atoms with E-state index in [-0.39, 0.29) is 12.0 Å². The van der Waals surface area contributed by atoms with Crippen LogP contribution in [-0.4, -0.2) is 37.3 Å². The van der Waals surface area contributed by atoms with Gasteiger partial charge in [-0.15, -0.1) is 0 Å². The van der Waals surface area contributed by atoms with Crippen molar-refractivity contribution in [2.75, 3.05) is 30.4 Å². The molecule has 6 heteroatoms. The summed E-state index contributed by atoms with van der Waals surface area (Å²) in [5.74, 6) is -0.374. The van der Waals surface area contributed by atoms with Gasteiger partial charge in [0, 0.05) is 30.4 Å². The van der Waals surface area contributed by atoms with Crippen molar-refractivity contribution in [3.05, 3.63) is 53.8 Å². The second-order valence-electron chi connectivity index (χ2n) is 6.06. The zero-order valence-corrected chi connectivity index (χ0v) is 14.0. The molecule has 0 spiro atoms. The van der Waals surface area contributed by atoms with Crippen molar-refractivity contribution >= 4 is 17.3 Å². The van der Waals surface area contributed by atoms with Crippen LogP contribution in [0.15, 0.2) is 42.5 Å². The summed E-state index contributed by atoms with van der Waals surface area (Å²) in [6.45, 7) is 1.60. The molecule has 0 unspecified atom stereocenters. The first-order chi connectivity index (χ1) is 12.1. The largest absolute Gasteiger partial charge is 0.495 e. The molecule has 0 aromatic heterocycles. The van der Waals surface area contributed by atoms with Gasteiger partial charge in [0.1, 0.15) is 11.6 Å². The number of amides is 1. The minimum absolute atomic E-state index is 0.220. The summed E-state index contributed by atoms with van der Waals surface area (Å²) in [7, 11) is 1.47. The van der Waals surface area contributed by atoms with E-state index in [1.54, 1.807) is 12.1 Å². The van der Waals surface area contributed by atoms with Crippen LogP contribution in [0.4, 0.5) is 15.8 Å². The lowest BCUT2D eigenvalue weighted by Gasteiger charge is -2.31. The highest BCUT2D eigenvalue weighted by molar-refractivity contribution is 6.05. The molecule has 1 amide bonds. The van der Waals surface area contributed by atoms with Crippen molar-refractivity contribution in [3.8, 4) is 5.75 Å². The van der Waals surface area contributed by atoms with Gasteiger partial charge in [-0.05, 0) is 49.2 Å². The van der Waals surface area contributed by atoms with Crippen molar-refractivity contribution in [3.63, 3.8) is 0 Å². The molecule has 132 valence electrons. The predicted octanol–water partition coefficient (Wildman–Crippen LogP) is 3.05. The Balaban J connectivity index is 1.70. The molecule has 2 aromatic rings. The molecule has 5 nitrogen and oxygen atoms in total. The van der Waals surface area contributed by atoms with Gasteiger partial charge in [-0.25, -0.2) is 4.39 Å². The van der Waals surface area contributed by atoms with Gasteiger partial charge in [0.15, 0.2) is 0 Å². The number of carbonyl (C=O) groups excluding carboxylic acids is 1. The smallest absolute Gasteiger partial charge is 0.255 e. The van der Waals surface area contributed by atoms with Crippen LogP contribution >= 0.6 is 0 Å². The molecule has 25 heavy (non-hydrogen) atoms. The molecular weight excluding hydrogens is 323 g/mol. The number of hydrogen-bond donors (Lipinski definition) is 2. The lowest BCUT2D eigenvalue weighted by atomic mass is 10.1. The van der Waals surface area contributed by atoms with Gasteiger partial charge in [-0.2, -0.15) is 0 Å². The monoisotopic (exact) mass is 344 g/mol. The van der Waals surface area contributed by atoms with Crippen molar-refractivity contribution in [2.45, 2.75) is 18.9 Å². The Bertz CT molecular complexity index is 741. The Morgan fingerprint density at radius 1 is 1.20 bits per heavy atom. The van der Waals surface area contributed by atoms with Crippen molar-refractivity contribution in [1.82, 2.24) is 0 Å². The van der Waals surface area contributed by atoms with E-state index in [1.807, 2.05) is 12.1 Å². The minimum atomic E-state index is -0.446. The first kappa shape index (κ1) is 17.2. The number of methoxy groups -OCH3 is 1. The van der Waals surface area contributed by atoms with Crippen molar-refractivity contribution in [2.24, 2.45) is 0 Å². The lowest BCUT2D eigenvalue weighted by Crippen LogP contribution is -2.35. The van der Waals surface area contributed by atoms with Crippen LogP contribution in [-0.2, 0) is 0 Å². The number of aliphatic hydroxyl groups excluding tert-OH is 1. The van der Waals surface area contributed by atoms with Crippen LogP contribution < -0.4 is 15.0 Å². The number of carbonyl (C=O) groups is 1. The standard InChI is InChI=1S/C19H21FN2O3/c1-25-18-7-4-14(20)12-17(18)21-19(24)13-2-5-15(6-3-13)22-10-8-16(23)9-11-22/h2-7,12,16,23H,8-11H2,1H3,(H,21,24). The highest BCUT2D eigenvalue weighted by Crippen LogP contribution is 2.26. The van der Waals surface area contributed by atoms with Gasteiger partial charge in [0.05, 0.1) is 18.9 Å². The minimum Gasteiger partial charge on any atom is -0.495 e. The molecule has 0 saturated carbocycles. The zero-order valence-electron chi connectivity index (χ0n) is 14.0. The van der Waals surface area contributed by atoms with Crippen LogP contribution in [0.25, 0.3) is 0 Å². The number of nitrogens with zero attached hydrogens (tertiary/aromatic N) is 1. The molecule has 0 radical (unpaired) electrons. The van der Waals surface area contributed by atoms with E-state index in [0.717, 1.165) is 31.6 Å². The fourth-order valence-electron chi connectivity index (χ4n) is 2.92. The maximum atomic E-state index is 13.4. The summed E-state index contributed by atoms with van der Waals surface area (Å²) < 4.78 is 18.5. The molecule has 0 aliphatic carbocycles. The van der Waals surface area contributed by atoms with E-state index in [9.17, 15) is 14.3 Å². The topological polar surface area (TPSA) is 61.8 Å². The van der Waals surface area contributed by atoms with E-state index in [0.29, 0.717) is 17.0 Å². The molecule has 0 bridgehead atoms. The number of piperidine rings is 1. The molecule has 1 fully saturated rings. The van der Waals surface area contributed by atoms with Crippen LogP contribution in [0.3, 0.4) is 0 Å². The van der Waals surface area contributed by atoms with Crippen LogP contribution in [0.5, 0.6) is 5.75 Å². The number of ether oxygens (including phenoxy) is 1. The normalized spacial score (nSPS) is 15.1. The third kappa shape index (κ3) is 4.09. The summed E-state index contributed by atoms with van der Waals surface area (Å²) >= 11 is 0. The number of halogens is 1. The SMILES string of the molecule is COc1ccc(F)cc1NC(=O)c1ccc(N2CCC(O)CC2)cc1. The first-order valence-electron chi connectivity index (χ1n) is 8.25. The molecule has 2 aromatic carbocycles. The van der Waals surface area contributed by atoms with Crippen molar-refractivity contribution < 1.29 is 19.0 Å². The van der Waals surface area contributed by atoms with E-state index in [2.05, 4.69) is 10.2 Å². The predicted molar refractivity (Wildman–Crippen MR) is 94.8 cm³/mol. The van der Waals surface area contributed by atoms with Crippen molar-refractivity contribution in [1.29, 1.82) is 0 Å². The summed E-state index contributed by atoms with van der Waals surface area (Å²) in [6, 6.07) is 11.2. The summed E-state index contributed by atoms with van der Waals surface area (Å²) in [6.07, 6.45) is 1.28. The van der Waals surface area contributed by atoms with Gasteiger partial charge < -0.3 is 20.1 Å². The Kier molecular flexibility index (Phi) is 5.19. The molecule has 1 aliphatic heterocycles. The quantitative estimate of drug-likeness (QED) is 0.895. The average Bonchev–Trinajstić information content (AvgIpc) is 2.63. The highest BCUT2D eigenvalue weighted by atomic mass is 19.1. The van der Waals surface area contributed by atoms with E-state index in [1.165, 1.54) is 25.3 Å². The average molecular weight is 344 g/mol. The van der Waals surface area contributed by atoms with Gasteiger partial charge in [0.2, 0.25) is 0 Å². The van der Waals surface area contributed by atoms with E-state index in [4.69, 9.17) is 4.74 Å². The Morgan fingerprint density at radius 3 is 2.52 bits per heavy atom. The molecule has 1 aliphatic rings. The summed E-state index contributed by atoms with van der Waals surface area (Å²) in [4.78, 5) is 14.6. The number of aliphatic hydroxyl groups is 1. The fourth-order valence-corrected chi connectivity index (χ4v) is 2.92. The van der Waals surface area contributed by atoms with Crippen LogP contribution in [0.2, 0.25) is 0 Å². The molecular formula is C19H21FN2O3. The van der Waals surface area contributed by atoms with Gasteiger partial charge >= 0.3 is 0 Å². The summed E-state index contributed by atoms with van der Waals surface area (Å²) in [5, 5.41) is 12.2. The van der Waals surface area contributed by atoms with Crippen LogP contribution in [0.1, 0.15) is 23.2 Å². The molecule has 1 saturated heterocycles. The Labute approximate surface area is 146 Å². The van der Waals surface area contributed by atoms with Crippen LogP contribution in [0, 0.1) is 5.82 Å². The molecule has 2 N–H and O–H groups in total. The maximum Gasteiger partial charge on any atom is 0.255 e. The number of benzene rings is 2. The second kappa shape index (κ2) is 7.53. The first-order valence-corrected chi connectivity index (χ1v) is 8.25. The van der Waals surface area contributed by atoms with Gasteiger partial charge in [0.25, 0.3) is 5.91 Å². The molecule has 1 heterocycles. The number of hydrogen-bond acceptors (Lipinski definition) is 4. The highest BCUT2D eigenvalue weighted by Gasteiger charge is 2.17. The fraction of sp³-hybridized carbons (Fsp3) is 0.316. The number of nitrogens with one attached hydrogen (secondary N) is 1. The van der Waals surface area contributed by atoms with E-state index < -0.39 is 5.82 Å². The Morgan fingerprint density at radius 2 is 1.88 bits per heavy atom. The number of rotatable bonds is 4. The second-order valence-corrected chi connectivity index (χ2v) is 6.06. The zero-order chi connectivity index (χ0) is 17.8. The molecule has 3 rings (SSSR count). The van der Waals surface area contributed by atoms with Gasteiger partial charge in [-0.3, -0.25) is 4.79 Å². The van der Waals surface area contributed by atoms with Gasteiger partial charge in [-0.1, -0.05) is 0 Å². The number of anilines is 2. The molecule has 0 atom stereocenters. The van der Waals surface area contributed by atoms with E-state index >= 15 is 0 Å². The Hall–Kier alpha value is -2.60. The third-order valence-electron chi connectivity index (χ3n) is 4.37.